The molecule has 160 valence electrons. The van der Waals surface area contributed by atoms with E-state index >= 15 is 0 Å². The van der Waals surface area contributed by atoms with E-state index < -0.39 is 34.2 Å². The molecular formula is C22H13ClFN3O5. The first-order valence-corrected chi connectivity index (χ1v) is 9.59. The van der Waals surface area contributed by atoms with Crippen molar-refractivity contribution in [2.45, 2.75) is 6.04 Å². The summed E-state index contributed by atoms with van der Waals surface area (Å²) >= 11 is 5.88. The Bertz CT molecular complexity index is 1280. The lowest BCUT2D eigenvalue weighted by atomic mass is 9.98. The summed E-state index contributed by atoms with van der Waals surface area (Å²) < 4.78 is 13.7. The van der Waals surface area contributed by atoms with Gasteiger partial charge in [0.15, 0.2) is 0 Å². The predicted molar refractivity (Wildman–Crippen MR) is 114 cm³/mol. The summed E-state index contributed by atoms with van der Waals surface area (Å²) in [5.74, 6) is -3.18. The molecule has 2 heterocycles. The number of nitrogens with zero attached hydrogens (tertiary/aromatic N) is 3. The first kappa shape index (κ1) is 21.1. The summed E-state index contributed by atoms with van der Waals surface area (Å²) in [7, 11) is 0. The van der Waals surface area contributed by atoms with Crippen molar-refractivity contribution in [2.75, 3.05) is 4.90 Å². The van der Waals surface area contributed by atoms with Crippen molar-refractivity contribution in [1.82, 2.24) is 4.98 Å². The predicted octanol–water partition coefficient (Wildman–Crippen LogP) is 4.41. The molecular weight excluding hydrogens is 441 g/mol. The summed E-state index contributed by atoms with van der Waals surface area (Å²) in [6.07, 6.45) is 1.46. The van der Waals surface area contributed by atoms with Crippen LogP contribution in [0.25, 0.3) is 5.76 Å². The molecule has 1 aliphatic heterocycles. The third kappa shape index (κ3) is 3.58. The lowest BCUT2D eigenvalue weighted by Gasteiger charge is -2.24. The van der Waals surface area contributed by atoms with Gasteiger partial charge in [-0.2, -0.15) is 0 Å². The summed E-state index contributed by atoms with van der Waals surface area (Å²) in [6, 6.07) is 12.1. The minimum absolute atomic E-state index is 0.103. The number of carbonyl (C=O) groups excluding carboxylic acids is 2. The number of aliphatic hydroxyl groups is 1. The molecule has 1 saturated heterocycles. The van der Waals surface area contributed by atoms with Gasteiger partial charge in [-0.05, 0) is 42.5 Å². The minimum atomic E-state index is -1.13. The largest absolute Gasteiger partial charge is 0.507 e. The second-order valence-corrected chi connectivity index (χ2v) is 7.23. The summed E-state index contributed by atoms with van der Waals surface area (Å²) in [5, 5.41) is 21.6. The first-order valence-electron chi connectivity index (χ1n) is 9.21. The molecule has 8 nitrogen and oxygen atoms in total. The molecule has 1 aromatic heterocycles. The van der Waals surface area contributed by atoms with Crippen LogP contribution in [0.4, 0.5) is 15.8 Å². The molecule has 4 rings (SSSR count). The van der Waals surface area contributed by atoms with Crippen molar-refractivity contribution in [2.24, 2.45) is 0 Å². The van der Waals surface area contributed by atoms with Crippen molar-refractivity contribution in [3.05, 3.63) is 105 Å². The van der Waals surface area contributed by atoms with E-state index in [4.69, 9.17) is 11.6 Å². The summed E-state index contributed by atoms with van der Waals surface area (Å²) in [5.41, 5.74) is 0.0476. The number of anilines is 1. The van der Waals surface area contributed by atoms with Gasteiger partial charge in [0.25, 0.3) is 17.4 Å². The van der Waals surface area contributed by atoms with Crippen LogP contribution in [0, 0.1) is 15.9 Å². The monoisotopic (exact) mass is 453 g/mol. The van der Waals surface area contributed by atoms with Crippen LogP contribution in [0.1, 0.15) is 17.3 Å². The maximum absolute atomic E-state index is 13.7. The Balaban J connectivity index is 1.91. The molecule has 10 heteroatoms. The van der Waals surface area contributed by atoms with Gasteiger partial charge in [0, 0.05) is 29.6 Å². The highest BCUT2D eigenvalue weighted by Gasteiger charge is 2.47. The molecule has 1 N–H and O–H groups in total. The summed E-state index contributed by atoms with van der Waals surface area (Å²) in [4.78, 5) is 41.5. The van der Waals surface area contributed by atoms with Gasteiger partial charge in [-0.25, -0.2) is 4.39 Å². The number of aliphatic hydroxyl groups excluding tert-OH is 1. The fraction of sp³-hybridized carbons (Fsp3) is 0.0455. The molecule has 0 saturated carbocycles. The second kappa shape index (κ2) is 8.20. The molecule has 1 aliphatic rings. The lowest BCUT2D eigenvalue weighted by molar-refractivity contribution is -0.384. The molecule has 1 unspecified atom stereocenters. The second-order valence-electron chi connectivity index (χ2n) is 6.83. The molecule has 2 aromatic carbocycles. The third-order valence-corrected chi connectivity index (χ3v) is 5.23. The molecule has 32 heavy (non-hydrogen) atoms. The van der Waals surface area contributed by atoms with Gasteiger partial charge >= 0.3 is 0 Å². The van der Waals surface area contributed by atoms with Crippen LogP contribution in [0.2, 0.25) is 5.02 Å². The number of hydrogen-bond acceptors (Lipinski definition) is 6. The highest BCUT2D eigenvalue weighted by atomic mass is 35.5. The van der Waals surface area contributed by atoms with Gasteiger partial charge in [-0.1, -0.05) is 17.7 Å². The number of carbonyl (C=O) groups is 2. The molecule has 0 spiro atoms. The smallest absolute Gasteiger partial charge is 0.300 e. The van der Waals surface area contributed by atoms with Crippen LogP contribution in [-0.4, -0.2) is 26.7 Å². The maximum Gasteiger partial charge on any atom is 0.300 e. The highest BCUT2D eigenvalue weighted by Crippen LogP contribution is 2.42. The van der Waals surface area contributed by atoms with Crippen LogP contribution in [-0.2, 0) is 9.59 Å². The van der Waals surface area contributed by atoms with E-state index in [1.54, 1.807) is 18.2 Å². The number of halogens is 2. The fourth-order valence-electron chi connectivity index (χ4n) is 3.45. The Labute approximate surface area is 185 Å². The van der Waals surface area contributed by atoms with Crippen LogP contribution in [0.3, 0.4) is 0 Å². The van der Waals surface area contributed by atoms with Gasteiger partial charge in [-0.3, -0.25) is 29.6 Å². The summed E-state index contributed by atoms with van der Waals surface area (Å²) in [6.45, 7) is 0. The normalized spacial score (nSPS) is 17.6. The number of hydrogen-bond donors (Lipinski definition) is 1. The molecule has 1 fully saturated rings. The van der Waals surface area contributed by atoms with Gasteiger partial charge < -0.3 is 5.11 Å². The van der Waals surface area contributed by atoms with Crippen LogP contribution < -0.4 is 4.90 Å². The van der Waals surface area contributed by atoms with E-state index in [1.807, 2.05) is 0 Å². The molecule has 0 bridgehead atoms. The van der Waals surface area contributed by atoms with Gasteiger partial charge in [0.05, 0.1) is 21.2 Å². The number of ketones is 1. The van der Waals surface area contributed by atoms with Crippen LogP contribution in [0.5, 0.6) is 0 Å². The lowest BCUT2D eigenvalue weighted by Crippen LogP contribution is -2.29. The Morgan fingerprint density at radius 2 is 1.84 bits per heavy atom. The van der Waals surface area contributed by atoms with Gasteiger partial charge in [0.1, 0.15) is 17.6 Å². The molecule has 1 atom stereocenters. The maximum atomic E-state index is 13.7. The van der Waals surface area contributed by atoms with E-state index in [2.05, 4.69) is 4.98 Å². The van der Waals surface area contributed by atoms with Crippen molar-refractivity contribution in [1.29, 1.82) is 0 Å². The van der Waals surface area contributed by atoms with E-state index in [0.29, 0.717) is 0 Å². The van der Waals surface area contributed by atoms with Crippen LogP contribution >= 0.6 is 11.6 Å². The van der Waals surface area contributed by atoms with E-state index in [1.165, 1.54) is 42.6 Å². The number of non-ortho nitro benzene ring substituents is 1. The van der Waals surface area contributed by atoms with Gasteiger partial charge in [-0.15, -0.1) is 0 Å². The number of Topliss-reactive ketones (excluding diaryl/α,β-unsaturated/α-hetero) is 1. The quantitative estimate of drug-likeness (QED) is 0.206. The molecule has 0 radical (unpaired) electrons. The van der Waals surface area contributed by atoms with Crippen molar-refractivity contribution in [3.63, 3.8) is 0 Å². The Kier molecular flexibility index (Phi) is 5.41. The zero-order valence-electron chi connectivity index (χ0n) is 16.1. The SMILES string of the molecule is O=C1C(=O)N(c2ccc(F)c(Cl)c2)C(c2ccccn2)/C1=C(\O)c1ccc([N+](=O)[O-])cc1. The van der Waals surface area contributed by atoms with E-state index in [-0.39, 0.29) is 33.2 Å². The Morgan fingerprint density at radius 3 is 2.44 bits per heavy atom. The van der Waals surface area contributed by atoms with Crippen molar-refractivity contribution >= 4 is 40.4 Å². The first-order chi connectivity index (χ1) is 15.3. The number of rotatable bonds is 4. The zero-order chi connectivity index (χ0) is 23.0. The van der Waals surface area contributed by atoms with Crippen molar-refractivity contribution < 1.29 is 24.0 Å². The van der Waals surface area contributed by atoms with Crippen LogP contribution in [0.15, 0.2) is 72.4 Å². The number of pyridine rings is 1. The number of nitro groups is 1. The third-order valence-electron chi connectivity index (χ3n) is 4.95. The minimum Gasteiger partial charge on any atom is -0.507 e. The number of aromatic nitrogens is 1. The Hall–Kier alpha value is -4.11. The molecule has 3 aromatic rings. The fourth-order valence-corrected chi connectivity index (χ4v) is 3.62. The van der Waals surface area contributed by atoms with E-state index in [0.717, 1.165) is 11.0 Å². The highest BCUT2D eigenvalue weighted by molar-refractivity contribution is 6.51. The average Bonchev–Trinajstić information content (AvgIpc) is 3.06. The van der Waals surface area contributed by atoms with Crippen molar-refractivity contribution in [3.8, 4) is 0 Å². The molecule has 0 aliphatic carbocycles. The number of nitro benzene ring substituents is 1. The topological polar surface area (TPSA) is 114 Å². The number of benzene rings is 2. The average molecular weight is 454 g/mol. The zero-order valence-corrected chi connectivity index (χ0v) is 16.9. The molecule has 1 amide bonds. The van der Waals surface area contributed by atoms with E-state index in [9.17, 15) is 29.2 Å². The number of amides is 1. The Morgan fingerprint density at radius 1 is 1.12 bits per heavy atom. The van der Waals surface area contributed by atoms with Gasteiger partial charge in [0.2, 0.25) is 0 Å². The standard InChI is InChI=1S/C22H13ClFN3O5/c23-15-11-14(8-9-16(15)24)26-19(17-3-1-2-10-25-17)18(21(29)22(26)30)20(28)12-4-6-13(7-5-12)27(31)32/h1-11,19,28H/b20-18+.